The van der Waals surface area contributed by atoms with Crippen molar-refractivity contribution < 1.29 is 24.2 Å². The molecular weight excluding hydrogens is 472 g/mol. The highest BCUT2D eigenvalue weighted by molar-refractivity contribution is 6.46. The number of carbonyl (C=O) groups excluding carboxylic acids is 2. The number of benzene rings is 1. The Balaban J connectivity index is 1.91. The second kappa shape index (κ2) is 10.9. The molecule has 0 radical (unpaired) electrons. The fourth-order valence-corrected chi connectivity index (χ4v) is 4.52. The van der Waals surface area contributed by atoms with Gasteiger partial charge in [-0.2, -0.15) is 0 Å². The van der Waals surface area contributed by atoms with Crippen LogP contribution in [0.2, 0.25) is 0 Å². The molecule has 0 bridgehead atoms. The summed E-state index contributed by atoms with van der Waals surface area (Å²) in [6, 6.07) is 9.94. The Morgan fingerprint density at radius 3 is 2.68 bits per heavy atom. The second-order valence-corrected chi connectivity index (χ2v) is 9.01. The van der Waals surface area contributed by atoms with Crippen LogP contribution in [0.1, 0.15) is 29.9 Å². The van der Waals surface area contributed by atoms with Gasteiger partial charge in [0.25, 0.3) is 11.7 Å². The van der Waals surface area contributed by atoms with Gasteiger partial charge in [-0.3, -0.25) is 14.0 Å². The first kappa shape index (κ1) is 26.0. The third kappa shape index (κ3) is 4.95. The molecule has 1 amide bonds. The molecule has 4 rings (SSSR count). The molecule has 9 nitrogen and oxygen atoms in total. The van der Waals surface area contributed by atoms with Gasteiger partial charge in [0.1, 0.15) is 17.9 Å². The van der Waals surface area contributed by atoms with E-state index in [1.54, 1.807) is 41.8 Å². The van der Waals surface area contributed by atoms with Crippen LogP contribution in [0.25, 0.3) is 11.4 Å². The highest BCUT2D eigenvalue weighted by Gasteiger charge is 2.46. The van der Waals surface area contributed by atoms with Gasteiger partial charge in [-0.15, -0.1) is 0 Å². The molecule has 1 unspecified atom stereocenters. The van der Waals surface area contributed by atoms with Crippen molar-refractivity contribution in [1.82, 2.24) is 19.2 Å². The van der Waals surface area contributed by atoms with Gasteiger partial charge in [-0.1, -0.05) is 24.8 Å². The number of imidazole rings is 1. The number of hydrogen-bond donors (Lipinski definition) is 1. The molecule has 3 aromatic rings. The lowest BCUT2D eigenvalue weighted by Crippen LogP contribution is -2.35. The van der Waals surface area contributed by atoms with E-state index in [2.05, 4.69) is 11.6 Å². The summed E-state index contributed by atoms with van der Waals surface area (Å²) in [4.78, 5) is 34.7. The zero-order chi connectivity index (χ0) is 26.7. The number of aromatic nitrogens is 2. The van der Waals surface area contributed by atoms with Crippen molar-refractivity contribution in [2.45, 2.75) is 19.9 Å². The monoisotopic (exact) mass is 504 g/mol. The number of amides is 1. The minimum atomic E-state index is -0.818. The van der Waals surface area contributed by atoms with Gasteiger partial charge in [-0.25, -0.2) is 4.98 Å². The molecule has 1 saturated heterocycles. The number of fused-ring (bicyclic) bond motifs is 1. The molecule has 0 saturated carbocycles. The molecule has 1 aliphatic rings. The number of ether oxygens (including phenoxy) is 2. The third-order valence-corrected chi connectivity index (χ3v) is 6.20. The molecule has 2 aromatic heterocycles. The smallest absolute Gasteiger partial charge is 0.295 e. The number of rotatable bonds is 10. The molecule has 9 heteroatoms. The summed E-state index contributed by atoms with van der Waals surface area (Å²) in [5, 5.41) is 11.6. The number of carbonyl (C=O) groups is 2. The standard InChI is InChI=1S/C28H32N4O5/c1-6-16-37-20-12-11-19(17-21(20)36-7-2)25-23(27(34)28(35)32(25)15-14-30(4)5)26(33)24-18(3)29-22-10-8-9-13-31(22)24/h6,8-13,17,25,33H,1,7,14-16H2,2-5H3. The van der Waals surface area contributed by atoms with Crippen LogP contribution in [0.4, 0.5) is 0 Å². The summed E-state index contributed by atoms with van der Waals surface area (Å²) in [5.41, 5.74) is 2.19. The van der Waals surface area contributed by atoms with Gasteiger partial charge >= 0.3 is 0 Å². The maximum atomic E-state index is 13.4. The SMILES string of the molecule is C=CCOc1ccc(C2C(=C(O)c3c(C)nc4ccccn34)C(=O)C(=O)N2CCN(C)C)cc1OCC. The molecule has 0 aliphatic carbocycles. The van der Waals surface area contributed by atoms with Crippen LogP contribution in [0.3, 0.4) is 0 Å². The van der Waals surface area contributed by atoms with Crippen molar-refractivity contribution in [2.24, 2.45) is 0 Å². The second-order valence-electron chi connectivity index (χ2n) is 9.01. The maximum Gasteiger partial charge on any atom is 0.295 e. The Morgan fingerprint density at radius 2 is 1.97 bits per heavy atom. The number of likely N-dealkylation sites (tertiary alicyclic amines) is 1. The topological polar surface area (TPSA) is 96.6 Å². The predicted octanol–water partition coefficient (Wildman–Crippen LogP) is 3.59. The largest absolute Gasteiger partial charge is 0.505 e. The van der Waals surface area contributed by atoms with E-state index >= 15 is 0 Å². The van der Waals surface area contributed by atoms with Crippen LogP contribution in [0, 0.1) is 6.92 Å². The lowest BCUT2D eigenvalue weighted by molar-refractivity contribution is -0.140. The number of aliphatic hydroxyl groups excluding tert-OH is 1. The molecule has 1 N–H and O–H groups in total. The van der Waals surface area contributed by atoms with Crippen molar-refractivity contribution in [2.75, 3.05) is 40.4 Å². The predicted molar refractivity (Wildman–Crippen MR) is 141 cm³/mol. The molecule has 37 heavy (non-hydrogen) atoms. The summed E-state index contributed by atoms with van der Waals surface area (Å²) < 4.78 is 13.3. The van der Waals surface area contributed by atoms with E-state index in [0.717, 1.165) is 0 Å². The fraction of sp³-hybridized carbons (Fsp3) is 0.321. The number of Topliss-reactive ketones (excluding diaryl/α,β-unsaturated/α-hetero) is 1. The normalized spacial score (nSPS) is 17.1. The first-order chi connectivity index (χ1) is 17.8. The van der Waals surface area contributed by atoms with Gasteiger partial charge in [0.2, 0.25) is 0 Å². The van der Waals surface area contributed by atoms with Gasteiger partial charge in [-0.05, 0) is 57.8 Å². The summed E-state index contributed by atoms with van der Waals surface area (Å²) in [5.74, 6) is -0.669. The maximum absolute atomic E-state index is 13.4. The number of likely N-dealkylation sites (N-methyl/N-ethyl adjacent to an activating group) is 1. The minimum Gasteiger partial charge on any atom is -0.505 e. The van der Waals surface area contributed by atoms with Gasteiger partial charge in [0, 0.05) is 19.3 Å². The Hall–Kier alpha value is -4.11. The quantitative estimate of drug-likeness (QED) is 0.195. The van der Waals surface area contributed by atoms with E-state index in [1.807, 2.05) is 44.1 Å². The van der Waals surface area contributed by atoms with Gasteiger partial charge < -0.3 is 24.4 Å². The van der Waals surface area contributed by atoms with E-state index in [9.17, 15) is 14.7 Å². The molecule has 1 atom stereocenters. The first-order valence-corrected chi connectivity index (χ1v) is 12.2. The molecule has 3 heterocycles. The number of hydrogen-bond acceptors (Lipinski definition) is 7. The molecule has 1 fully saturated rings. The first-order valence-electron chi connectivity index (χ1n) is 12.2. The molecular formula is C28H32N4O5. The number of pyridine rings is 1. The van der Waals surface area contributed by atoms with Gasteiger partial charge in [0.15, 0.2) is 17.3 Å². The zero-order valence-electron chi connectivity index (χ0n) is 21.6. The Kier molecular flexibility index (Phi) is 7.63. The summed E-state index contributed by atoms with van der Waals surface area (Å²) in [6.07, 6.45) is 3.40. The van der Waals surface area contributed by atoms with E-state index in [4.69, 9.17) is 9.47 Å². The summed E-state index contributed by atoms with van der Waals surface area (Å²) in [6.45, 7) is 8.84. The zero-order valence-corrected chi connectivity index (χ0v) is 21.6. The lowest BCUT2D eigenvalue weighted by atomic mass is 9.96. The van der Waals surface area contributed by atoms with Crippen LogP contribution in [0.15, 0.2) is 60.8 Å². The van der Waals surface area contributed by atoms with Crippen molar-refractivity contribution in [3.63, 3.8) is 0 Å². The molecule has 1 aliphatic heterocycles. The molecule has 1 aromatic carbocycles. The average Bonchev–Trinajstić information content (AvgIpc) is 3.34. The van der Waals surface area contributed by atoms with Crippen LogP contribution in [0.5, 0.6) is 11.5 Å². The molecule has 194 valence electrons. The lowest BCUT2D eigenvalue weighted by Gasteiger charge is -2.27. The summed E-state index contributed by atoms with van der Waals surface area (Å²) >= 11 is 0. The van der Waals surface area contributed by atoms with Crippen molar-refractivity contribution in [3.8, 4) is 11.5 Å². The van der Waals surface area contributed by atoms with Crippen molar-refractivity contribution >= 4 is 23.1 Å². The Bertz CT molecular complexity index is 1370. The van der Waals surface area contributed by atoms with Gasteiger partial charge in [0.05, 0.1) is 23.9 Å². The molecule has 0 spiro atoms. The minimum absolute atomic E-state index is 0.0136. The summed E-state index contributed by atoms with van der Waals surface area (Å²) in [7, 11) is 3.79. The number of nitrogens with zero attached hydrogens (tertiary/aromatic N) is 4. The third-order valence-electron chi connectivity index (χ3n) is 6.20. The fourth-order valence-electron chi connectivity index (χ4n) is 4.52. The van der Waals surface area contributed by atoms with Crippen LogP contribution >= 0.6 is 0 Å². The van der Waals surface area contributed by atoms with Crippen LogP contribution < -0.4 is 9.47 Å². The Morgan fingerprint density at radius 1 is 1.19 bits per heavy atom. The number of ketones is 1. The van der Waals surface area contributed by atoms with Crippen LogP contribution in [-0.4, -0.2) is 76.4 Å². The van der Waals surface area contributed by atoms with Crippen molar-refractivity contribution in [3.05, 3.63) is 77.8 Å². The van der Waals surface area contributed by atoms with E-state index in [1.165, 1.54) is 4.90 Å². The van der Waals surface area contributed by atoms with E-state index in [0.29, 0.717) is 60.4 Å². The number of aryl methyl sites for hydroxylation is 1. The van der Waals surface area contributed by atoms with Crippen LogP contribution in [-0.2, 0) is 9.59 Å². The average molecular weight is 505 g/mol. The number of aliphatic hydroxyl groups is 1. The highest BCUT2D eigenvalue weighted by Crippen LogP contribution is 2.42. The Labute approximate surface area is 216 Å². The van der Waals surface area contributed by atoms with Crippen molar-refractivity contribution in [1.29, 1.82) is 0 Å². The van der Waals surface area contributed by atoms with E-state index in [-0.39, 0.29) is 11.3 Å². The highest BCUT2D eigenvalue weighted by atomic mass is 16.5. The van der Waals surface area contributed by atoms with E-state index < -0.39 is 17.7 Å².